The van der Waals surface area contributed by atoms with Crippen molar-refractivity contribution in [3.63, 3.8) is 0 Å². The van der Waals surface area contributed by atoms with E-state index in [9.17, 15) is 8.42 Å². The first-order chi connectivity index (χ1) is 12.6. The van der Waals surface area contributed by atoms with Crippen LogP contribution in [0.3, 0.4) is 0 Å². The maximum absolute atomic E-state index is 12.3. The SMILES string of the molecule is CCNC(=NCCS(=O)(=O)N1CCSCC1)NCCSc1ccccc1.I. The van der Waals surface area contributed by atoms with Crippen molar-refractivity contribution in [3.05, 3.63) is 30.3 Å². The molecule has 0 saturated carbocycles. The van der Waals surface area contributed by atoms with Gasteiger partial charge in [0.15, 0.2) is 5.96 Å². The molecule has 0 amide bonds. The molecule has 1 aliphatic heterocycles. The number of nitrogens with zero attached hydrogens (tertiary/aromatic N) is 2. The van der Waals surface area contributed by atoms with Crippen molar-refractivity contribution in [3.8, 4) is 0 Å². The highest BCUT2D eigenvalue weighted by Crippen LogP contribution is 2.15. The zero-order valence-electron chi connectivity index (χ0n) is 15.6. The summed E-state index contributed by atoms with van der Waals surface area (Å²) in [7, 11) is -3.20. The lowest BCUT2D eigenvalue weighted by Gasteiger charge is -2.25. The Kier molecular flexibility index (Phi) is 12.8. The van der Waals surface area contributed by atoms with Crippen LogP contribution in [0, 0.1) is 0 Å². The Balaban J connectivity index is 0.00000364. The zero-order chi connectivity index (χ0) is 18.7. The Bertz CT molecular complexity index is 653. The van der Waals surface area contributed by atoms with Gasteiger partial charge in [0.1, 0.15) is 0 Å². The van der Waals surface area contributed by atoms with Gasteiger partial charge in [0.25, 0.3) is 0 Å². The van der Waals surface area contributed by atoms with Crippen LogP contribution in [0.2, 0.25) is 0 Å². The molecule has 0 aliphatic carbocycles. The second kappa shape index (κ2) is 13.9. The van der Waals surface area contributed by atoms with Gasteiger partial charge < -0.3 is 10.6 Å². The first kappa shape index (κ1) is 24.9. The number of aliphatic imine (C=N–C) groups is 1. The monoisotopic (exact) mass is 544 g/mol. The number of nitrogens with one attached hydrogen (secondary N) is 2. The Morgan fingerprint density at radius 1 is 1.22 bits per heavy atom. The molecule has 0 bridgehead atoms. The van der Waals surface area contributed by atoms with Gasteiger partial charge in [-0.1, -0.05) is 18.2 Å². The summed E-state index contributed by atoms with van der Waals surface area (Å²) >= 11 is 3.58. The van der Waals surface area contributed by atoms with Gasteiger partial charge in [-0.05, 0) is 19.1 Å². The van der Waals surface area contributed by atoms with E-state index in [4.69, 9.17) is 0 Å². The van der Waals surface area contributed by atoms with Crippen molar-refractivity contribution in [1.29, 1.82) is 0 Å². The summed E-state index contributed by atoms with van der Waals surface area (Å²) in [4.78, 5) is 5.65. The number of guanidine groups is 1. The summed E-state index contributed by atoms with van der Waals surface area (Å²) in [6, 6.07) is 10.3. The first-order valence-corrected chi connectivity index (χ1v) is 12.6. The van der Waals surface area contributed by atoms with Crippen LogP contribution >= 0.6 is 47.5 Å². The van der Waals surface area contributed by atoms with E-state index in [0.29, 0.717) is 19.0 Å². The van der Waals surface area contributed by atoms with Crippen molar-refractivity contribution < 1.29 is 8.42 Å². The molecule has 0 spiro atoms. The third-order valence-corrected chi connectivity index (χ3v) is 7.54. The first-order valence-electron chi connectivity index (χ1n) is 8.87. The standard InChI is InChI=1S/C17H28N4O2S3.HI/c1-2-18-17(19-8-12-25-16-6-4-3-5-7-16)20-9-15-26(22,23)21-10-13-24-14-11-21;/h3-7H,2,8-15H2,1H3,(H2,18,19,20);1H. The fourth-order valence-corrected chi connectivity index (χ4v) is 5.67. The van der Waals surface area contributed by atoms with E-state index < -0.39 is 10.0 Å². The quantitative estimate of drug-likeness (QED) is 0.164. The van der Waals surface area contributed by atoms with Gasteiger partial charge in [-0.2, -0.15) is 11.8 Å². The Morgan fingerprint density at radius 3 is 2.59 bits per heavy atom. The summed E-state index contributed by atoms with van der Waals surface area (Å²) in [5.74, 6) is 3.41. The van der Waals surface area contributed by atoms with Gasteiger partial charge in [0.2, 0.25) is 10.0 Å². The minimum Gasteiger partial charge on any atom is -0.357 e. The molecule has 1 heterocycles. The molecule has 1 aromatic rings. The molecule has 0 radical (unpaired) electrons. The van der Waals surface area contributed by atoms with Crippen molar-refractivity contribution in [2.45, 2.75) is 11.8 Å². The number of hydrogen-bond acceptors (Lipinski definition) is 5. The van der Waals surface area contributed by atoms with Gasteiger partial charge >= 0.3 is 0 Å². The Morgan fingerprint density at radius 2 is 1.93 bits per heavy atom. The summed E-state index contributed by atoms with van der Waals surface area (Å²) in [6.45, 7) is 5.01. The predicted octanol–water partition coefficient (Wildman–Crippen LogP) is 2.33. The van der Waals surface area contributed by atoms with Gasteiger partial charge in [-0.3, -0.25) is 4.99 Å². The smallest absolute Gasteiger partial charge is 0.215 e. The van der Waals surface area contributed by atoms with Crippen molar-refractivity contribution in [2.75, 3.05) is 55.7 Å². The van der Waals surface area contributed by atoms with Crippen LogP contribution in [0.4, 0.5) is 0 Å². The van der Waals surface area contributed by atoms with Crippen molar-refractivity contribution >= 4 is 63.5 Å². The molecule has 1 aromatic carbocycles. The molecule has 2 rings (SSSR count). The topological polar surface area (TPSA) is 73.8 Å². The predicted molar refractivity (Wildman–Crippen MR) is 129 cm³/mol. The Hall–Kier alpha value is -0.170. The lowest BCUT2D eigenvalue weighted by atomic mass is 10.4. The number of sulfonamides is 1. The zero-order valence-corrected chi connectivity index (χ0v) is 20.4. The maximum atomic E-state index is 12.3. The largest absolute Gasteiger partial charge is 0.357 e. The van der Waals surface area contributed by atoms with Crippen molar-refractivity contribution in [1.82, 2.24) is 14.9 Å². The normalized spacial score (nSPS) is 15.8. The molecule has 27 heavy (non-hydrogen) atoms. The number of benzene rings is 1. The second-order valence-electron chi connectivity index (χ2n) is 5.68. The van der Waals surface area contributed by atoms with Gasteiger partial charge in [0, 0.05) is 48.3 Å². The molecule has 0 aromatic heterocycles. The highest BCUT2D eigenvalue weighted by molar-refractivity contribution is 14.0. The fraction of sp³-hybridized carbons (Fsp3) is 0.588. The molecular formula is C17H29IN4O2S3. The summed E-state index contributed by atoms with van der Waals surface area (Å²) < 4.78 is 26.3. The number of rotatable bonds is 9. The van der Waals surface area contributed by atoms with E-state index in [1.807, 2.05) is 25.1 Å². The fourth-order valence-electron chi connectivity index (χ4n) is 2.42. The van der Waals surface area contributed by atoms with E-state index in [0.717, 1.165) is 30.3 Å². The van der Waals surface area contributed by atoms with Gasteiger partial charge in [0.05, 0.1) is 12.3 Å². The van der Waals surface area contributed by atoms with Crippen LogP contribution in [0.25, 0.3) is 0 Å². The molecule has 1 aliphatic rings. The molecule has 0 unspecified atom stereocenters. The maximum Gasteiger partial charge on any atom is 0.215 e. The molecule has 10 heteroatoms. The molecular weight excluding hydrogens is 515 g/mol. The Labute approximate surface area is 188 Å². The van der Waals surface area contributed by atoms with Crippen LogP contribution in [0.1, 0.15) is 6.92 Å². The van der Waals surface area contributed by atoms with Crippen molar-refractivity contribution in [2.24, 2.45) is 4.99 Å². The highest BCUT2D eigenvalue weighted by Gasteiger charge is 2.23. The van der Waals surface area contributed by atoms with E-state index >= 15 is 0 Å². The lowest BCUT2D eigenvalue weighted by Crippen LogP contribution is -2.41. The minimum absolute atomic E-state index is 0. The molecule has 2 N–H and O–H groups in total. The van der Waals surface area contributed by atoms with E-state index in [-0.39, 0.29) is 36.3 Å². The van der Waals surface area contributed by atoms with Crippen LogP contribution in [-0.2, 0) is 10.0 Å². The van der Waals surface area contributed by atoms with E-state index in [1.54, 1.807) is 27.8 Å². The summed E-state index contributed by atoms with van der Waals surface area (Å²) in [5.41, 5.74) is 0. The molecule has 154 valence electrons. The number of thioether (sulfide) groups is 2. The van der Waals surface area contributed by atoms with E-state index in [1.165, 1.54) is 4.90 Å². The molecule has 1 saturated heterocycles. The third kappa shape index (κ3) is 9.73. The second-order valence-corrected chi connectivity index (χ2v) is 10.2. The number of halogens is 1. The number of hydrogen-bond donors (Lipinski definition) is 2. The van der Waals surface area contributed by atoms with Gasteiger partial charge in [-0.25, -0.2) is 12.7 Å². The van der Waals surface area contributed by atoms with Crippen LogP contribution in [0.5, 0.6) is 0 Å². The third-order valence-electron chi connectivity index (χ3n) is 3.73. The summed E-state index contributed by atoms with van der Waals surface area (Å²) in [6.07, 6.45) is 0. The average Bonchev–Trinajstić information content (AvgIpc) is 2.66. The summed E-state index contributed by atoms with van der Waals surface area (Å²) in [5, 5.41) is 6.43. The average molecular weight is 545 g/mol. The molecule has 0 atom stereocenters. The minimum atomic E-state index is -3.20. The lowest BCUT2D eigenvalue weighted by molar-refractivity contribution is 0.444. The van der Waals surface area contributed by atoms with Crippen LogP contribution in [-0.4, -0.2) is 74.4 Å². The van der Waals surface area contributed by atoms with Crippen LogP contribution in [0.15, 0.2) is 40.2 Å². The van der Waals surface area contributed by atoms with Crippen LogP contribution < -0.4 is 10.6 Å². The highest BCUT2D eigenvalue weighted by atomic mass is 127. The molecule has 1 fully saturated rings. The van der Waals surface area contributed by atoms with E-state index in [2.05, 4.69) is 27.8 Å². The molecule has 6 nitrogen and oxygen atoms in total. The van der Waals surface area contributed by atoms with Gasteiger partial charge in [-0.15, -0.1) is 35.7 Å².